The van der Waals surface area contributed by atoms with Crippen LogP contribution in [0.5, 0.6) is 0 Å². The third kappa shape index (κ3) is 153. The van der Waals surface area contributed by atoms with Crippen LogP contribution in [0.15, 0.2) is 0 Å². The summed E-state index contributed by atoms with van der Waals surface area (Å²) in [5, 5.41) is 0. The molecule has 0 rings (SSSR count). The minimum absolute atomic E-state index is 0. The summed E-state index contributed by atoms with van der Waals surface area (Å²) >= 11 is 4.31. The zero-order chi connectivity index (χ0) is 3.58. The van der Waals surface area contributed by atoms with Gasteiger partial charge in [0.25, 0.3) is 0 Å². The Morgan fingerprint density at radius 2 is 1.80 bits per heavy atom. The average molecular weight is 139 g/mol. The molecule has 1 nitrogen and oxygen atoms in total. The first-order chi connectivity index (χ1) is 1.73. The van der Waals surface area contributed by atoms with Gasteiger partial charge in [-0.2, -0.15) is 0 Å². The smallest absolute Gasteiger partial charge is 0.0695 e. The molecule has 0 atom stereocenters. The van der Waals surface area contributed by atoms with Gasteiger partial charge in [0.05, 0.1) is 4.99 Å². The molecule has 0 aliphatic heterocycles. The maximum absolute atomic E-state index is 4.84. The van der Waals surface area contributed by atoms with E-state index in [1.165, 1.54) is 0 Å². The summed E-state index contributed by atoms with van der Waals surface area (Å²) in [6.07, 6.45) is 0. The third-order valence-corrected chi connectivity index (χ3v) is 0. The molecule has 2 N–H and O–H groups in total. The molecule has 1 radical (unpaired) electrons. The third-order valence-electron chi connectivity index (χ3n) is 0. The Morgan fingerprint density at radius 3 is 1.80 bits per heavy atom. The summed E-state index contributed by atoms with van der Waals surface area (Å²) in [6, 6.07) is 0. The Balaban J connectivity index is 0. The molecule has 0 spiro atoms. The first-order valence-electron chi connectivity index (χ1n) is 0.993. The van der Waals surface area contributed by atoms with E-state index in [1.54, 1.807) is 6.92 Å². The second-order valence-electron chi connectivity index (χ2n) is 0.611. The molecule has 0 aromatic carbocycles. The van der Waals surface area contributed by atoms with Crippen molar-refractivity contribution < 1.29 is 17.1 Å². The Labute approximate surface area is 47.4 Å². The standard InChI is InChI=1S/C2H5NS.Cu/c1-2(3)4;/h1H3,(H2,3,4);. The zero-order valence-corrected chi connectivity index (χ0v) is 4.55. The largest absolute Gasteiger partial charge is 0.394 e. The van der Waals surface area contributed by atoms with Crippen LogP contribution in [0.3, 0.4) is 0 Å². The van der Waals surface area contributed by atoms with Gasteiger partial charge in [0.15, 0.2) is 0 Å². The van der Waals surface area contributed by atoms with E-state index in [1.807, 2.05) is 0 Å². The molecule has 5 heavy (non-hydrogen) atoms. The van der Waals surface area contributed by atoms with E-state index in [0.29, 0.717) is 4.99 Å². The van der Waals surface area contributed by atoms with Crippen molar-refractivity contribution in [2.75, 3.05) is 0 Å². The first kappa shape index (κ1) is 9.05. The minimum Gasteiger partial charge on any atom is -0.394 e. The first-order valence-corrected chi connectivity index (χ1v) is 1.40. The van der Waals surface area contributed by atoms with Gasteiger partial charge >= 0.3 is 0 Å². The van der Waals surface area contributed by atoms with Crippen LogP contribution in [0.25, 0.3) is 0 Å². The summed E-state index contributed by atoms with van der Waals surface area (Å²) in [4.78, 5) is 0.500. The quantitative estimate of drug-likeness (QED) is 0.385. The molecular weight excluding hydrogens is 134 g/mol. The van der Waals surface area contributed by atoms with Crippen LogP contribution in [0.4, 0.5) is 0 Å². The van der Waals surface area contributed by atoms with Crippen molar-refractivity contribution in [1.29, 1.82) is 0 Å². The van der Waals surface area contributed by atoms with Crippen LogP contribution in [0.2, 0.25) is 0 Å². The molecule has 35 valence electrons. The van der Waals surface area contributed by atoms with E-state index >= 15 is 0 Å². The summed E-state index contributed by atoms with van der Waals surface area (Å²) in [7, 11) is 0. The monoisotopic (exact) mass is 138 g/mol. The SMILES string of the molecule is CC(N)=S.[Cu]. The number of thiocarbonyl (C=S) groups is 1. The van der Waals surface area contributed by atoms with Gasteiger partial charge in [-0.15, -0.1) is 0 Å². The maximum Gasteiger partial charge on any atom is 0.0695 e. The molecule has 3 heteroatoms. The van der Waals surface area contributed by atoms with Gasteiger partial charge in [0.1, 0.15) is 0 Å². The molecule has 0 aliphatic carbocycles. The van der Waals surface area contributed by atoms with E-state index in [-0.39, 0.29) is 17.1 Å². The maximum atomic E-state index is 4.84. The summed E-state index contributed by atoms with van der Waals surface area (Å²) in [5.41, 5.74) is 4.84. The number of hydrogen-bond acceptors (Lipinski definition) is 1. The van der Waals surface area contributed by atoms with Gasteiger partial charge in [-0.3, -0.25) is 0 Å². The van der Waals surface area contributed by atoms with E-state index in [4.69, 9.17) is 5.73 Å². The van der Waals surface area contributed by atoms with E-state index in [9.17, 15) is 0 Å². The van der Waals surface area contributed by atoms with Crippen molar-refractivity contribution in [2.45, 2.75) is 6.92 Å². The molecule has 0 bridgehead atoms. The normalized spacial score (nSPS) is 5.00. The number of hydrogen-bond donors (Lipinski definition) is 1. The van der Waals surface area contributed by atoms with Gasteiger partial charge in [-0.25, -0.2) is 0 Å². The Bertz CT molecular complexity index is 32.6. The topological polar surface area (TPSA) is 26.0 Å². The summed E-state index contributed by atoms with van der Waals surface area (Å²) in [6.45, 7) is 1.68. The van der Waals surface area contributed by atoms with E-state index in [2.05, 4.69) is 12.2 Å². The fraction of sp³-hybridized carbons (Fsp3) is 0.500. The van der Waals surface area contributed by atoms with Gasteiger partial charge in [0, 0.05) is 17.1 Å². The fourth-order valence-electron chi connectivity index (χ4n) is 0. The molecule has 0 heterocycles. The Kier molecular flexibility index (Phi) is 7.98. The van der Waals surface area contributed by atoms with Crippen LogP contribution in [0.1, 0.15) is 6.92 Å². The predicted octanol–water partition coefficient (Wildman–Crippen LogP) is 0.290. The summed E-state index contributed by atoms with van der Waals surface area (Å²) < 4.78 is 0. The van der Waals surface area contributed by atoms with Crippen LogP contribution in [0, 0.1) is 0 Å². The van der Waals surface area contributed by atoms with E-state index in [0.717, 1.165) is 0 Å². The van der Waals surface area contributed by atoms with Gasteiger partial charge in [0.2, 0.25) is 0 Å². The molecule has 0 saturated heterocycles. The molecular formula is C2H5CuNS. The fourth-order valence-corrected chi connectivity index (χ4v) is 0. The molecule has 0 aromatic rings. The Hall–Kier alpha value is 0.409. The van der Waals surface area contributed by atoms with Crippen LogP contribution < -0.4 is 5.73 Å². The molecule has 0 saturated carbocycles. The van der Waals surface area contributed by atoms with Crippen LogP contribution >= 0.6 is 12.2 Å². The van der Waals surface area contributed by atoms with Gasteiger partial charge in [-0.1, -0.05) is 12.2 Å². The van der Waals surface area contributed by atoms with Crippen LogP contribution in [-0.2, 0) is 17.1 Å². The van der Waals surface area contributed by atoms with Crippen molar-refractivity contribution in [3.05, 3.63) is 0 Å². The Morgan fingerprint density at radius 1 is 1.80 bits per heavy atom. The second-order valence-corrected chi connectivity index (χ2v) is 1.25. The van der Waals surface area contributed by atoms with Gasteiger partial charge in [-0.05, 0) is 6.92 Å². The van der Waals surface area contributed by atoms with Crippen molar-refractivity contribution in [3.63, 3.8) is 0 Å². The van der Waals surface area contributed by atoms with E-state index < -0.39 is 0 Å². The van der Waals surface area contributed by atoms with Crippen LogP contribution in [-0.4, -0.2) is 4.99 Å². The average Bonchev–Trinajstić information content (AvgIpc) is 0.811. The van der Waals surface area contributed by atoms with Crippen molar-refractivity contribution in [1.82, 2.24) is 0 Å². The summed E-state index contributed by atoms with van der Waals surface area (Å²) in [5.74, 6) is 0. The second kappa shape index (κ2) is 4.41. The van der Waals surface area contributed by atoms with Gasteiger partial charge < -0.3 is 5.73 Å². The van der Waals surface area contributed by atoms with Crippen molar-refractivity contribution in [3.8, 4) is 0 Å². The number of rotatable bonds is 0. The van der Waals surface area contributed by atoms with Crippen molar-refractivity contribution in [2.24, 2.45) is 5.73 Å². The zero-order valence-electron chi connectivity index (χ0n) is 2.79. The number of nitrogens with two attached hydrogens (primary N) is 1. The molecule has 0 unspecified atom stereocenters. The molecule has 0 aromatic heterocycles. The van der Waals surface area contributed by atoms with Crippen molar-refractivity contribution >= 4 is 17.2 Å². The molecule has 0 amide bonds. The minimum atomic E-state index is 0. The molecule has 0 aliphatic rings. The predicted molar refractivity (Wildman–Crippen MR) is 22.5 cm³/mol. The molecule has 0 fully saturated rings.